The highest BCUT2D eigenvalue weighted by Crippen LogP contribution is 2.11. The molecule has 0 saturated carbocycles. The molecule has 1 heterocycles. The van der Waals surface area contributed by atoms with Gasteiger partial charge in [-0.3, -0.25) is 4.79 Å². The van der Waals surface area contributed by atoms with Gasteiger partial charge in [-0.15, -0.1) is 0 Å². The summed E-state index contributed by atoms with van der Waals surface area (Å²) in [5.74, 6) is -1.97. The largest absolute Gasteiger partial charge is 0.367 e. The fraction of sp³-hybridized carbons (Fsp3) is 0.0833. The highest BCUT2D eigenvalue weighted by Gasteiger charge is 2.09. The molecule has 0 saturated heterocycles. The van der Waals surface area contributed by atoms with E-state index in [1.54, 1.807) is 18.5 Å². The van der Waals surface area contributed by atoms with Crippen molar-refractivity contribution in [1.29, 1.82) is 0 Å². The predicted molar refractivity (Wildman–Crippen MR) is 55.2 cm³/mol. The van der Waals surface area contributed by atoms with Gasteiger partial charge in [0.1, 0.15) is 0 Å². The molecule has 2 aromatic rings. The molecule has 1 aromatic heterocycles. The van der Waals surface area contributed by atoms with Gasteiger partial charge >= 0.3 is 0 Å². The number of rotatable bonds is 3. The third kappa shape index (κ3) is 2.16. The van der Waals surface area contributed by atoms with E-state index in [1.165, 1.54) is 6.07 Å². The van der Waals surface area contributed by atoms with E-state index in [1.807, 2.05) is 0 Å². The van der Waals surface area contributed by atoms with Crippen molar-refractivity contribution in [2.45, 2.75) is 6.42 Å². The molecule has 0 aliphatic heterocycles. The second-order valence-electron chi connectivity index (χ2n) is 3.45. The van der Waals surface area contributed by atoms with E-state index in [-0.39, 0.29) is 12.2 Å². The van der Waals surface area contributed by atoms with E-state index in [2.05, 4.69) is 4.98 Å². The summed E-state index contributed by atoms with van der Waals surface area (Å²) < 4.78 is 25.5. The Bertz CT molecular complexity index is 506. The standard InChI is InChI=1S/C12H9F2NO/c13-10-2-1-8(5-11(10)14)6-12(16)9-3-4-15-7-9/h1-5,7,15H,6H2. The average Bonchev–Trinajstić information content (AvgIpc) is 2.77. The topological polar surface area (TPSA) is 32.9 Å². The number of Topliss-reactive ketones (excluding diaryl/α,β-unsaturated/α-hetero) is 1. The van der Waals surface area contributed by atoms with Crippen LogP contribution in [0.25, 0.3) is 0 Å². The quantitative estimate of drug-likeness (QED) is 0.794. The molecule has 1 N–H and O–H groups in total. The Kier molecular flexibility index (Phi) is 2.81. The molecule has 0 radical (unpaired) electrons. The Labute approximate surface area is 90.9 Å². The van der Waals surface area contributed by atoms with Crippen molar-refractivity contribution in [3.8, 4) is 0 Å². The maximum Gasteiger partial charge on any atom is 0.168 e. The first kappa shape index (κ1) is 10.5. The molecule has 0 atom stereocenters. The Morgan fingerprint density at radius 2 is 2.00 bits per heavy atom. The molecule has 0 aliphatic rings. The van der Waals surface area contributed by atoms with Crippen LogP contribution in [0.15, 0.2) is 36.7 Å². The first-order valence-electron chi connectivity index (χ1n) is 4.77. The number of hydrogen-bond acceptors (Lipinski definition) is 1. The number of hydrogen-bond donors (Lipinski definition) is 1. The van der Waals surface area contributed by atoms with Crippen molar-refractivity contribution < 1.29 is 13.6 Å². The zero-order valence-electron chi connectivity index (χ0n) is 8.34. The van der Waals surface area contributed by atoms with Gasteiger partial charge in [-0.2, -0.15) is 0 Å². The van der Waals surface area contributed by atoms with Gasteiger partial charge in [-0.25, -0.2) is 8.78 Å². The van der Waals surface area contributed by atoms with Crippen LogP contribution in [-0.4, -0.2) is 10.8 Å². The number of carbonyl (C=O) groups is 1. The van der Waals surface area contributed by atoms with Crippen LogP contribution in [0.1, 0.15) is 15.9 Å². The lowest BCUT2D eigenvalue weighted by Crippen LogP contribution is -2.02. The van der Waals surface area contributed by atoms with E-state index < -0.39 is 11.6 Å². The summed E-state index contributed by atoms with van der Waals surface area (Å²) in [6.07, 6.45) is 3.27. The molecule has 0 spiro atoms. The van der Waals surface area contributed by atoms with Crippen LogP contribution in [0.5, 0.6) is 0 Å². The SMILES string of the molecule is O=C(Cc1ccc(F)c(F)c1)c1cc[nH]c1. The number of benzene rings is 1. The second-order valence-corrected chi connectivity index (χ2v) is 3.45. The van der Waals surface area contributed by atoms with Gasteiger partial charge in [0, 0.05) is 24.4 Å². The third-order valence-electron chi connectivity index (χ3n) is 2.27. The zero-order chi connectivity index (χ0) is 11.5. The van der Waals surface area contributed by atoms with E-state index in [4.69, 9.17) is 0 Å². The van der Waals surface area contributed by atoms with E-state index in [0.29, 0.717) is 11.1 Å². The normalized spacial score (nSPS) is 10.4. The van der Waals surface area contributed by atoms with E-state index in [0.717, 1.165) is 12.1 Å². The molecule has 16 heavy (non-hydrogen) atoms. The molecule has 0 aliphatic carbocycles. The van der Waals surface area contributed by atoms with Crippen LogP contribution < -0.4 is 0 Å². The van der Waals surface area contributed by atoms with Crippen LogP contribution in [0.3, 0.4) is 0 Å². The average molecular weight is 221 g/mol. The van der Waals surface area contributed by atoms with Crippen molar-refractivity contribution in [3.05, 3.63) is 59.4 Å². The fourth-order valence-electron chi connectivity index (χ4n) is 1.43. The van der Waals surface area contributed by atoms with Gasteiger partial charge < -0.3 is 4.98 Å². The number of aromatic amines is 1. The Balaban J connectivity index is 2.15. The molecule has 0 unspecified atom stereocenters. The molecule has 4 heteroatoms. The zero-order valence-corrected chi connectivity index (χ0v) is 8.34. The smallest absolute Gasteiger partial charge is 0.168 e. The van der Waals surface area contributed by atoms with Crippen molar-refractivity contribution >= 4 is 5.78 Å². The van der Waals surface area contributed by atoms with Gasteiger partial charge in [0.05, 0.1) is 0 Å². The predicted octanol–water partition coefficient (Wildman–Crippen LogP) is 2.72. The molecule has 0 amide bonds. The number of halogens is 2. The van der Waals surface area contributed by atoms with Gasteiger partial charge in [0.2, 0.25) is 0 Å². The van der Waals surface area contributed by atoms with Crippen molar-refractivity contribution in [2.75, 3.05) is 0 Å². The summed E-state index contributed by atoms with van der Waals surface area (Å²) in [5.41, 5.74) is 0.995. The van der Waals surface area contributed by atoms with Crippen molar-refractivity contribution in [2.24, 2.45) is 0 Å². The first-order valence-corrected chi connectivity index (χ1v) is 4.77. The van der Waals surface area contributed by atoms with Crippen LogP contribution in [0.2, 0.25) is 0 Å². The molecule has 82 valence electrons. The van der Waals surface area contributed by atoms with Crippen molar-refractivity contribution in [1.82, 2.24) is 4.98 Å². The maximum atomic E-state index is 12.9. The van der Waals surface area contributed by atoms with E-state index >= 15 is 0 Å². The summed E-state index contributed by atoms with van der Waals surface area (Å²) in [4.78, 5) is 14.4. The summed E-state index contributed by atoms with van der Waals surface area (Å²) in [6.45, 7) is 0. The molecule has 2 rings (SSSR count). The van der Waals surface area contributed by atoms with Gasteiger partial charge in [-0.05, 0) is 23.8 Å². The van der Waals surface area contributed by atoms with Crippen molar-refractivity contribution in [3.63, 3.8) is 0 Å². The third-order valence-corrected chi connectivity index (χ3v) is 2.27. The Morgan fingerprint density at radius 3 is 2.62 bits per heavy atom. The van der Waals surface area contributed by atoms with Gasteiger partial charge in [0.15, 0.2) is 17.4 Å². The highest BCUT2D eigenvalue weighted by molar-refractivity contribution is 5.97. The summed E-state index contributed by atoms with van der Waals surface area (Å²) >= 11 is 0. The Hall–Kier alpha value is -1.97. The maximum absolute atomic E-state index is 12.9. The summed E-state index contributed by atoms with van der Waals surface area (Å²) in [6, 6.07) is 5.11. The number of H-pyrrole nitrogens is 1. The van der Waals surface area contributed by atoms with Crippen LogP contribution in [0, 0.1) is 11.6 Å². The first-order chi connectivity index (χ1) is 7.66. The number of nitrogens with one attached hydrogen (secondary N) is 1. The molecule has 0 bridgehead atoms. The second kappa shape index (κ2) is 4.26. The van der Waals surface area contributed by atoms with Gasteiger partial charge in [-0.1, -0.05) is 6.07 Å². The fourth-order valence-corrected chi connectivity index (χ4v) is 1.43. The van der Waals surface area contributed by atoms with Crippen LogP contribution in [-0.2, 0) is 6.42 Å². The minimum atomic E-state index is -0.931. The monoisotopic (exact) mass is 221 g/mol. The van der Waals surface area contributed by atoms with Crippen LogP contribution >= 0.6 is 0 Å². The lowest BCUT2D eigenvalue weighted by molar-refractivity contribution is 0.0993. The Morgan fingerprint density at radius 1 is 1.19 bits per heavy atom. The minimum absolute atomic E-state index is 0.0645. The summed E-state index contributed by atoms with van der Waals surface area (Å²) in [7, 11) is 0. The molecule has 2 nitrogen and oxygen atoms in total. The summed E-state index contributed by atoms with van der Waals surface area (Å²) in [5, 5.41) is 0. The molecular weight excluding hydrogens is 212 g/mol. The molecule has 1 aromatic carbocycles. The number of carbonyl (C=O) groups excluding carboxylic acids is 1. The van der Waals surface area contributed by atoms with E-state index in [9.17, 15) is 13.6 Å². The molecule has 0 fully saturated rings. The number of aromatic nitrogens is 1. The lowest BCUT2D eigenvalue weighted by Gasteiger charge is -2.00. The van der Waals surface area contributed by atoms with Gasteiger partial charge in [0.25, 0.3) is 0 Å². The number of ketones is 1. The minimum Gasteiger partial charge on any atom is -0.367 e. The van der Waals surface area contributed by atoms with Crippen LogP contribution in [0.4, 0.5) is 8.78 Å². The highest BCUT2D eigenvalue weighted by atomic mass is 19.2. The molecular formula is C12H9F2NO. The lowest BCUT2D eigenvalue weighted by atomic mass is 10.1.